The summed E-state index contributed by atoms with van der Waals surface area (Å²) in [5.41, 5.74) is 0. The molecular weight excluding hydrogens is 302 g/mol. The zero-order valence-electron chi connectivity index (χ0n) is 14.8. The van der Waals surface area contributed by atoms with Gasteiger partial charge in [0.25, 0.3) is 0 Å². The fourth-order valence-electron chi connectivity index (χ4n) is 3.90. The molecule has 0 bridgehead atoms. The van der Waals surface area contributed by atoms with Gasteiger partial charge in [-0.15, -0.1) is 0 Å². The number of nitrogens with one attached hydrogen (secondary N) is 2. The molecule has 2 fully saturated rings. The number of carbonyl (C=O) groups is 1. The van der Waals surface area contributed by atoms with Gasteiger partial charge in [-0.25, -0.2) is 0 Å². The fourth-order valence-corrected chi connectivity index (χ4v) is 3.90. The molecule has 0 aromatic carbocycles. The lowest BCUT2D eigenvalue weighted by molar-refractivity contribution is -0.123. The minimum absolute atomic E-state index is 0.124. The molecular formula is C19H31N3O2. The van der Waals surface area contributed by atoms with Gasteiger partial charge in [-0.2, -0.15) is 0 Å². The van der Waals surface area contributed by atoms with Crippen LogP contribution in [0.15, 0.2) is 22.8 Å². The molecule has 2 aliphatic rings. The van der Waals surface area contributed by atoms with Gasteiger partial charge in [-0.05, 0) is 57.8 Å². The van der Waals surface area contributed by atoms with Crippen molar-refractivity contribution in [2.45, 2.75) is 70.0 Å². The molecule has 1 aromatic heterocycles. The van der Waals surface area contributed by atoms with Gasteiger partial charge in [-0.3, -0.25) is 9.69 Å². The number of likely N-dealkylation sites (tertiary alicyclic amines) is 1. The second-order valence-corrected chi connectivity index (χ2v) is 7.25. The third kappa shape index (κ3) is 4.61. The highest BCUT2D eigenvalue weighted by molar-refractivity contribution is 5.81. The Kier molecular flexibility index (Phi) is 6.32. The molecule has 24 heavy (non-hydrogen) atoms. The summed E-state index contributed by atoms with van der Waals surface area (Å²) in [6.45, 7) is 4.91. The van der Waals surface area contributed by atoms with Gasteiger partial charge in [0.15, 0.2) is 0 Å². The maximum Gasteiger partial charge on any atom is 0.237 e. The van der Waals surface area contributed by atoms with Crippen LogP contribution in [-0.4, -0.2) is 42.5 Å². The maximum absolute atomic E-state index is 12.4. The standard InChI is InChI=1S/C19H31N3O2/c1-15(19(23)21-16-8-3-4-9-16)20-14-17(18-10-7-13-24-18)22-11-5-2-6-12-22/h7,10,13,15-17,20H,2-6,8-9,11-12,14H2,1H3,(H,21,23)/t15-,17-/m1/s1. The fraction of sp³-hybridized carbons (Fsp3) is 0.737. The van der Waals surface area contributed by atoms with Crippen LogP contribution >= 0.6 is 0 Å². The van der Waals surface area contributed by atoms with Gasteiger partial charge in [0.2, 0.25) is 5.91 Å². The van der Waals surface area contributed by atoms with Gasteiger partial charge in [0, 0.05) is 12.6 Å². The van der Waals surface area contributed by atoms with Crippen molar-refractivity contribution < 1.29 is 9.21 Å². The zero-order valence-corrected chi connectivity index (χ0v) is 14.8. The van der Waals surface area contributed by atoms with E-state index in [-0.39, 0.29) is 18.0 Å². The van der Waals surface area contributed by atoms with Crippen molar-refractivity contribution in [3.05, 3.63) is 24.2 Å². The number of amides is 1. The number of nitrogens with zero attached hydrogens (tertiary/aromatic N) is 1. The molecule has 2 N–H and O–H groups in total. The van der Waals surface area contributed by atoms with Crippen LogP contribution in [0.3, 0.4) is 0 Å². The van der Waals surface area contributed by atoms with Crippen molar-refractivity contribution in [3.8, 4) is 0 Å². The highest BCUT2D eigenvalue weighted by Crippen LogP contribution is 2.24. The Hall–Kier alpha value is -1.33. The van der Waals surface area contributed by atoms with E-state index in [1.807, 2.05) is 19.1 Å². The van der Waals surface area contributed by atoms with Crippen LogP contribution in [0.1, 0.15) is 63.7 Å². The summed E-state index contributed by atoms with van der Waals surface area (Å²) in [7, 11) is 0. The average molecular weight is 333 g/mol. The van der Waals surface area contributed by atoms with E-state index in [9.17, 15) is 4.79 Å². The number of carbonyl (C=O) groups excluding carboxylic acids is 1. The number of piperidine rings is 1. The Labute approximate surface area is 145 Å². The lowest BCUT2D eigenvalue weighted by Gasteiger charge is -2.34. The van der Waals surface area contributed by atoms with Crippen LogP contribution in [-0.2, 0) is 4.79 Å². The number of rotatable bonds is 7. The number of hydrogen-bond donors (Lipinski definition) is 2. The van der Waals surface area contributed by atoms with E-state index in [1.54, 1.807) is 6.26 Å². The highest BCUT2D eigenvalue weighted by Gasteiger charge is 2.26. The van der Waals surface area contributed by atoms with E-state index >= 15 is 0 Å². The summed E-state index contributed by atoms with van der Waals surface area (Å²) in [6.07, 6.45) is 10.3. The molecule has 134 valence electrons. The molecule has 2 atom stereocenters. The van der Waals surface area contributed by atoms with E-state index in [1.165, 1.54) is 32.1 Å². The summed E-state index contributed by atoms with van der Waals surface area (Å²) in [5, 5.41) is 6.61. The van der Waals surface area contributed by atoms with Crippen LogP contribution < -0.4 is 10.6 Å². The lowest BCUT2D eigenvalue weighted by Crippen LogP contribution is -2.48. The predicted molar refractivity (Wildman–Crippen MR) is 94.7 cm³/mol. The maximum atomic E-state index is 12.4. The molecule has 3 rings (SSSR count). The van der Waals surface area contributed by atoms with E-state index in [4.69, 9.17) is 4.42 Å². The van der Waals surface area contributed by atoms with Crippen molar-refractivity contribution in [1.82, 2.24) is 15.5 Å². The SMILES string of the molecule is C[C@@H](NC[C@H](c1ccco1)N1CCCCC1)C(=O)NC1CCCC1. The minimum atomic E-state index is -0.173. The van der Waals surface area contributed by atoms with Gasteiger partial charge >= 0.3 is 0 Å². The average Bonchev–Trinajstić information content (AvgIpc) is 3.30. The molecule has 5 heteroatoms. The summed E-state index contributed by atoms with van der Waals surface area (Å²) >= 11 is 0. The van der Waals surface area contributed by atoms with Gasteiger partial charge < -0.3 is 15.1 Å². The first-order valence-electron chi connectivity index (χ1n) is 9.55. The van der Waals surface area contributed by atoms with E-state index in [0.29, 0.717) is 6.04 Å². The zero-order chi connectivity index (χ0) is 16.8. The first kappa shape index (κ1) is 17.5. The molecule has 2 heterocycles. The molecule has 1 aromatic rings. The van der Waals surface area contributed by atoms with E-state index in [0.717, 1.165) is 38.2 Å². The first-order valence-corrected chi connectivity index (χ1v) is 9.55. The predicted octanol–water partition coefficient (Wildman–Crippen LogP) is 2.84. The second kappa shape index (κ2) is 8.67. The molecule has 1 saturated heterocycles. The van der Waals surface area contributed by atoms with Crippen molar-refractivity contribution in [2.75, 3.05) is 19.6 Å². The van der Waals surface area contributed by atoms with E-state index in [2.05, 4.69) is 15.5 Å². The highest BCUT2D eigenvalue weighted by atomic mass is 16.3. The van der Waals surface area contributed by atoms with Gasteiger partial charge in [0.05, 0.1) is 18.3 Å². The monoisotopic (exact) mass is 333 g/mol. The first-order chi connectivity index (χ1) is 11.7. The smallest absolute Gasteiger partial charge is 0.237 e. The number of hydrogen-bond acceptors (Lipinski definition) is 4. The third-order valence-electron chi connectivity index (χ3n) is 5.42. The second-order valence-electron chi connectivity index (χ2n) is 7.25. The normalized spacial score (nSPS) is 22.4. The minimum Gasteiger partial charge on any atom is -0.468 e. The van der Waals surface area contributed by atoms with E-state index < -0.39 is 0 Å². The molecule has 1 amide bonds. The van der Waals surface area contributed by atoms with Crippen LogP contribution in [0.5, 0.6) is 0 Å². The lowest BCUT2D eigenvalue weighted by atomic mass is 10.1. The van der Waals surface area contributed by atoms with Crippen molar-refractivity contribution in [3.63, 3.8) is 0 Å². The van der Waals surface area contributed by atoms with Crippen molar-refractivity contribution in [2.24, 2.45) is 0 Å². The van der Waals surface area contributed by atoms with Crippen LogP contribution in [0, 0.1) is 0 Å². The Morgan fingerprint density at radius 3 is 2.67 bits per heavy atom. The third-order valence-corrected chi connectivity index (χ3v) is 5.42. The largest absolute Gasteiger partial charge is 0.468 e. The number of furan rings is 1. The van der Waals surface area contributed by atoms with Crippen molar-refractivity contribution >= 4 is 5.91 Å². The molecule has 0 radical (unpaired) electrons. The molecule has 0 unspecified atom stereocenters. The molecule has 1 saturated carbocycles. The quantitative estimate of drug-likeness (QED) is 0.805. The summed E-state index contributed by atoms with van der Waals surface area (Å²) in [4.78, 5) is 14.8. The summed E-state index contributed by atoms with van der Waals surface area (Å²) in [6, 6.07) is 4.41. The van der Waals surface area contributed by atoms with Crippen LogP contribution in [0.25, 0.3) is 0 Å². The summed E-state index contributed by atoms with van der Waals surface area (Å²) < 4.78 is 5.67. The molecule has 1 aliphatic carbocycles. The Balaban J connectivity index is 1.53. The van der Waals surface area contributed by atoms with Gasteiger partial charge in [-0.1, -0.05) is 19.3 Å². The topological polar surface area (TPSA) is 57.5 Å². The van der Waals surface area contributed by atoms with Gasteiger partial charge in [0.1, 0.15) is 5.76 Å². The molecule has 5 nitrogen and oxygen atoms in total. The van der Waals surface area contributed by atoms with Crippen LogP contribution in [0.4, 0.5) is 0 Å². The Bertz CT molecular complexity index is 491. The van der Waals surface area contributed by atoms with Crippen molar-refractivity contribution in [1.29, 1.82) is 0 Å². The van der Waals surface area contributed by atoms with Crippen LogP contribution in [0.2, 0.25) is 0 Å². The Morgan fingerprint density at radius 2 is 2.00 bits per heavy atom. The molecule has 1 aliphatic heterocycles. The molecule has 0 spiro atoms. The summed E-state index contributed by atoms with van der Waals surface area (Å²) in [5.74, 6) is 1.12. The Morgan fingerprint density at radius 1 is 1.25 bits per heavy atom.